The van der Waals surface area contributed by atoms with Crippen molar-refractivity contribution in [3.05, 3.63) is 15.0 Å². The fraction of sp³-hybridized carbons (Fsp3) is 0.500. The molecule has 0 amide bonds. The van der Waals surface area contributed by atoms with Crippen LogP contribution in [0.25, 0.3) is 0 Å². The molecule has 1 nitrogen and oxygen atoms in total. The van der Waals surface area contributed by atoms with Gasteiger partial charge in [0.25, 0.3) is 0 Å². The van der Waals surface area contributed by atoms with Crippen molar-refractivity contribution in [3.8, 4) is 0 Å². The van der Waals surface area contributed by atoms with Gasteiger partial charge in [0.2, 0.25) is 0 Å². The largest absolute Gasteiger partial charge is 0.248 e. The second-order valence-electron chi connectivity index (χ2n) is 2.16. The monoisotopic (exact) mass is 205 g/mol. The summed E-state index contributed by atoms with van der Waals surface area (Å²) in [6, 6.07) is 0. The Morgan fingerprint density at radius 1 is 1.67 bits per heavy atom. The van der Waals surface area contributed by atoms with Gasteiger partial charge in [-0.15, -0.1) is 11.3 Å². The van der Waals surface area contributed by atoms with E-state index in [4.69, 9.17) is 0 Å². The van der Waals surface area contributed by atoms with E-state index in [2.05, 4.69) is 34.8 Å². The topological polar surface area (TPSA) is 12.9 Å². The average Bonchev–Trinajstić information content (AvgIpc) is 2.14. The molecule has 0 bridgehead atoms. The Kier molecular flexibility index (Phi) is 2.24. The van der Waals surface area contributed by atoms with Crippen LogP contribution in [0.5, 0.6) is 0 Å². The van der Waals surface area contributed by atoms with E-state index in [0.717, 1.165) is 3.79 Å². The van der Waals surface area contributed by atoms with Crippen molar-refractivity contribution in [1.82, 2.24) is 4.98 Å². The van der Waals surface area contributed by atoms with Gasteiger partial charge < -0.3 is 0 Å². The molecule has 0 saturated heterocycles. The molecule has 0 unspecified atom stereocenters. The van der Waals surface area contributed by atoms with Crippen LogP contribution in [-0.2, 0) is 0 Å². The number of nitrogens with zero attached hydrogens (tertiary/aromatic N) is 1. The molecular weight excluding hydrogens is 198 g/mol. The Morgan fingerprint density at radius 3 is 2.56 bits per heavy atom. The van der Waals surface area contributed by atoms with Gasteiger partial charge in [-0.3, -0.25) is 0 Å². The van der Waals surface area contributed by atoms with E-state index in [1.165, 1.54) is 5.01 Å². The molecule has 0 aliphatic carbocycles. The van der Waals surface area contributed by atoms with Gasteiger partial charge in [0.1, 0.15) is 0 Å². The summed E-state index contributed by atoms with van der Waals surface area (Å²) in [5.41, 5.74) is 0. The number of aromatic nitrogens is 1. The van der Waals surface area contributed by atoms with Crippen LogP contribution in [0.3, 0.4) is 0 Å². The first-order valence-corrected chi connectivity index (χ1v) is 4.42. The van der Waals surface area contributed by atoms with Crippen molar-refractivity contribution < 1.29 is 0 Å². The van der Waals surface area contributed by atoms with E-state index in [-0.39, 0.29) is 0 Å². The SMILES string of the molecule is CC(C)c1ncc(Br)s1. The first-order valence-electron chi connectivity index (χ1n) is 2.81. The molecule has 1 aromatic heterocycles. The Balaban J connectivity index is 2.85. The second-order valence-corrected chi connectivity index (χ2v) is 4.60. The molecule has 50 valence electrons. The minimum atomic E-state index is 0.557. The van der Waals surface area contributed by atoms with E-state index < -0.39 is 0 Å². The average molecular weight is 206 g/mol. The summed E-state index contributed by atoms with van der Waals surface area (Å²) in [4.78, 5) is 4.19. The molecule has 3 heteroatoms. The lowest BCUT2D eigenvalue weighted by atomic mass is 10.2. The molecule has 0 fully saturated rings. The summed E-state index contributed by atoms with van der Waals surface area (Å²) >= 11 is 5.06. The molecule has 0 aliphatic rings. The van der Waals surface area contributed by atoms with E-state index in [1.807, 2.05) is 6.20 Å². The van der Waals surface area contributed by atoms with Gasteiger partial charge in [0, 0.05) is 5.92 Å². The molecule has 0 saturated carbocycles. The molecule has 0 aromatic carbocycles. The second kappa shape index (κ2) is 2.80. The van der Waals surface area contributed by atoms with Crippen LogP contribution in [0.2, 0.25) is 0 Å². The predicted octanol–water partition coefficient (Wildman–Crippen LogP) is 3.03. The standard InChI is InChI=1S/C6H8BrNS/c1-4(2)6-8-3-5(7)9-6/h3-4H,1-2H3. The van der Waals surface area contributed by atoms with Gasteiger partial charge in [-0.2, -0.15) is 0 Å². The lowest BCUT2D eigenvalue weighted by Crippen LogP contribution is -1.81. The number of hydrogen-bond donors (Lipinski definition) is 0. The minimum absolute atomic E-state index is 0.557. The summed E-state index contributed by atoms with van der Waals surface area (Å²) in [7, 11) is 0. The highest BCUT2D eigenvalue weighted by Crippen LogP contribution is 2.24. The quantitative estimate of drug-likeness (QED) is 0.688. The third-order valence-corrected chi connectivity index (χ3v) is 2.77. The highest BCUT2D eigenvalue weighted by Gasteiger charge is 2.02. The van der Waals surface area contributed by atoms with E-state index in [9.17, 15) is 0 Å². The third-order valence-electron chi connectivity index (χ3n) is 0.989. The zero-order valence-electron chi connectivity index (χ0n) is 5.39. The number of thiazole rings is 1. The first kappa shape index (κ1) is 7.22. The molecule has 1 aromatic rings. The highest BCUT2D eigenvalue weighted by atomic mass is 79.9. The molecular formula is C6H8BrNS. The molecule has 1 rings (SSSR count). The normalized spacial score (nSPS) is 10.7. The summed E-state index contributed by atoms with van der Waals surface area (Å²) in [5.74, 6) is 0.557. The summed E-state index contributed by atoms with van der Waals surface area (Å²) < 4.78 is 1.12. The maximum Gasteiger partial charge on any atom is 0.0962 e. The van der Waals surface area contributed by atoms with Gasteiger partial charge >= 0.3 is 0 Å². The van der Waals surface area contributed by atoms with E-state index in [0.29, 0.717) is 5.92 Å². The molecule has 9 heavy (non-hydrogen) atoms. The van der Waals surface area contributed by atoms with Crippen LogP contribution in [0.1, 0.15) is 24.8 Å². The van der Waals surface area contributed by atoms with Crippen molar-refractivity contribution >= 4 is 27.3 Å². The van der Waals surface area contributed by atoms with Crippen LogP contribution in [0, 0.1) is 0 Å². The molecule has 0 N–H and O–H groups in total. The third kappa shape index (κ3) is 1.76. The fourth-order valence-corrected chi connectivity index (χ4v) is 1.78. The number of hydrogen-bond acceptors (Lipinski definition) is 2. The first-order chi connectivity index (χ1) is 4.20. The lowest BCUT2D eigenvalue weighted by Gasteiger charge is -1.94. The predicted molar refractivity (Wildman–Crippen MR) is 43.9 cm³/mol. The molecule has 0 atom stereocenters. The summed E-state index contributed by atoms with van der Waals surface area (Å²) in [5, 5.41) is 1.20. The van der Waals surface area contributed by atoms with E-state index in [1.54, 1.807) is 11.3 Å². The zero-order chi connectivity index (χ0) is 6.85. The van der Waals surface area contributed by atoms with E-state index >= 15 is 0 Å². The van der Waals surface area contributed by atoms with Crippen molar-refractivity contribution in [2.45, 2.75) is 19.8 Å². The van der Waals surface area contributed by atoms with Crippen LogP contribution >= 0.6 is 27.3 Å². The lowest BCUT2D eigenvalue weighted by molar-refractivity contribution is 0.852. The van der Waals surface area contributed by atoms with Gasteiger partial charge in [-0.25, -0.2) is 4.98 Å². The Bertz CT molecular complexity index is 195. The number of halogens is 1. The van der Waals surface area contributed by atoms with Crippen LogP contribution in [0.4, 0.5) is 0 Å². The Morgan fingerprint density at radius 2 is 2.33 bits per heavy atom. The van der Waals surface area contributed by atoms with Gasteiger partial charge in [-0.05, 0) is 15.9 Å². The smallest absolute Gasteiger partial charge is 0.0962 e. The fourth-order valence-electron chi connectivity index (χ4n) is 0.534. The minimum Gasteiger partial charge on any atom is -0.248 e. The van der Waals surface area contributed by atoms with Gasteiger partial charge in [0.05, 0.1) is 15.0 Å². The highest BCUT2D eigenvalue weighted by molar-refractivity contribution is 9.11. The van der Waals surface area contributed by atoms with Crippen molar-refractivity contribution in [2.75, 3.05) is 0 Å². The van der Waals surface area contributed by atoms with Gasteiger partial charge in [0.15, 0.2) is 0 Å². The van der Waals surface area contributed by atoms with Gasteiger partial charge in [-0.1, -0.05) is 13.8 Å². The van der Waals surface area contributed by atoms with Crippen molar-refractivity contribution in [2.24, 2.45) is 0 Å². The van der Waals surface area contributed by atoms with Crippen LogP contribution < -0.4 is 0 Å². The Labute approximate surface area is 67.3 Å². The molecule has 0 aliphatic heterocycles. The molecule has 1 heterocycles. The molecule has 0 radical (unpaired) electrons. The zero-order valence-corrected chi connectivity index (χ0v) is 7.79. The summed E-state index contributed by atoms with van der Waals surface area (Å²) in [6.07, 6.45) is 1.85. The van der Waals surface area contributed by atoms with Crippen LogP contribution in [-0.4, -0.2) is 4.98 Å². The maximum absolute atomic E-state index is 4.19. The Hall–Kier alpha value is 0.110. The summed E-state index contributed by atoms with van der Waals surface area (Å²) in [6.45, 7) is 4.29. The number of rotatable bonds is 1. The van der Waals surface area contributed by atoms with Crippen LogP contribution in [0.15, 0.2) is 9.98 Å². The molecule has 0 spiro atoms. The van der Waals surface area contributed by atoms with Crippen molar-refractivity contribution in [3.63, 3.8) is 0 Å². The van der Waals surface area contributed by atoms with Crippen molar-refractivity contribution in [1.29, 1.82) is 0 Å². The maximum atomic E-state index is 4.19.